The van der Waals surface area contributed by atoms with Gasteiger partial charge in [-0.25, -0.2) is 0 Å². The lowest BCUT2D eigenvalue weighted by atomic mass is 10.2. The maximum Gasteiger partial charge on any atom is 0.191 e. The number of nitrogens with one attached hydrogen (secondary N) is 2. The predicted molar refractivity (Wildman–Crippen MR) is 95.6 cm³/mol. The topological polar surface area (TPSA) is 64.1 Å². The summed E-state index contributed by atoms with van der Waals surface area (Å²) >= 11 is 0. The van der Waals surface area contributed by atoms with E-state index in [0.717, 1.165) is 57.3 Å². The molecule has 6 nitrogen and oxygen atoms in total. The predicted octanol–water partition coefficient (Wildman–Crippen LogP) is 1.95. The quantitative estimate of drug-likeness (QED) is 0.410. The van der Waals surface area contributed by atoms with Gasteiger partial charge in [0, 0.05) is 33.4 Å². The lowest BCUT2D eigenvalue weighted by Crippen LogP contribution is -2.37. The number of hydrogen-bond donors (Lipinski definition) is 2. The maximum atomic E-state index is 5.65. The van der Waals surface area contributed by atoms with Crippen molar-refractivity contribution in [2.45, 2.75) is 31.9 Å². The molecule has 1 aromatic rings. The number of guanidine groups is 1. The molecule has 1 aromatic carbocycles. The third-order valence-electron chi connectivity index (χ3n) is 3.93. The third kappa shape index (κ3) is 6.76. The molecule has 0 aromatic heterocycles. The molecule has 0 saturated carbocycles. The summed E-state index contributed by atoms with van der Waals surface area (Å²) in [5.74, 6) is 1.66. The van der Waals surface area contributed by atoms with Crippen LogP contribution in [0.15, 0.2) is 29.3 Å². The second-order valence-electron chi connectivity index (χ2n) is 5.76. The molecule has 0 aliphatic carbocycles. The molecule has 2 N–H and O–H groups in total. The minimum Gasteiger partial charge on any atom is -0.497 e. The fraction of sp³-hybridized carbons (Fsp3) is 0.611. The zero-order valence-electron chi connectivity index (χ0n) is 14.7. The molecule has 6 heteroatoms. The lowest BCUT2D eigenvalue weighted by molar-refractivity contribution is 0.0168. The number of methoxy groups -OCH3 is 1. The Kier molecular flexibility index (Phi) is 8.41. The molecule has 1 aliphatic heterocycles. The molecule has 1 fully saturated rings. The number of hydrogen-bond acceptors (Lipinski definition) is 4. The van der Waals surface area contributed by atoms with E-state index in [0.29, 0.717) is 12.7 Å². The van der Waals surface area contributed by atoms with Gasteiger partial charge in [0.15, 0.2) is 5.96 Å². The van der Waals surface area contributed by atoms with E-state index in [2.05, 4.69) is 15.6 Å². The number of nitrogens with zero attached hydrogens (tertiary/aromatic N) is 1. The van der Waals surface area contributed by atoms with Gasteiger partial charge in [0.25, 0.3) is 0 Å². The van der Waals surface area contributed by atoms with Gasteiger partial charge >= 0.3 is 0 Å². The Labute approximate surface area is 144 Å². The first-order valence-corrected chi connectivity index (χ1v) is 8.58. The van der Waals surface area contributed by atoms with Gasteiger partial charge in [-0.3, -0.25) is 4.99 Å². The molecular formula is C18H29N3O3. The van der Waals surface area contributed by atoms with Crippen LogP contribution in [-0.2, 0) is 16.0 Å². The first-order chi connectivity index (χ1) is 11.8. The molecule has 0 radical (unpaired) electrons. The molecule has 1 unspecified atom stereocenters. The number of rotatable bonds is 9. The first-order valence-electron chi connectivity index (χ1n) is 8.58. The van der Waals surface area contributed by atoms with Crippen molar-refractivity contribution in [2.24, 2.45) is 4.99 Å². The molecule has 0 spiro atoms. The fourth-order valence-electron chi connectivity index (χ4n) is 2.52. The normalized spacial score (nSPS) is 17.8. The van der Waals surface area contributed by atoms with E-state index in [1.165, 1.54) is 5.56 Å². The highest BCUT2D eigenvalue weighted by Crippen LogP contribution is 2.12. The first kappa shape index (κ1) is 18.5. The van der Waals surface area contributed by atoms with Crippen LogP contribution in [0.25, 0.3) is 0 Å². The highest BCUT2D eigenvalue weighted by Gasteiger charge is 2.14. The van der Waals surface area contributed by atoms with Crippen LogP contribution in [0.2, 0.25) is 0 Å². The summed E-state index contributed by atoms with van der Waals surface area (Å²) in [7, 11) is 3.45. The molecule has 24 heavy (non-hydrogen) atoms. The summed E-state index contributed by atoms with van der Waals surface area (Å²) in [6, 6.07) is 7.99. The van der Waals surface area contributed by atoms with E-state index < -0.39 is 0 Å². The van der Waals surface area contributed by atoms with Crippen molar-refractivity contribution < 1.29 is 14.2 Å². The molecule has 134 valence electrons. The molecule has 0 amide bonds. The summed E-state index contributed by atoms with van der Waals surface area (Å²) in [5, 5.41) is 6.59. The SMILES string of the molecule is CN=C(NCCCOCC1CCCO1)NCc1ccc(OC)cc1. The molecule has 2 rings (SSSR count). The van der Waals surface area contributed by atoms with E-state index in [-0.39, 0.29) is 0 Å². The third-order valence-corrected chi connectivity index (χ3v) is 3.93. The average Bonchev–Trinajstić information content (AvgIpc) is 3.14. The van der Waals surface area contributed by atoms with Crippen molar-refractivity contribution in [3.63, 3.8) is 0 Å². The average molecular weight is 335 g/mol. The van der Waals surface area contributed by atoms with Crippen molar-refractivity contribution in [1.82, 2.24) is 10.6 Å². The van der Waals surface area contributed by atoms with Gasteiger partial charge in [-0.15, -0.1) is 0 Å². The van der Waals surface area contributed by atoms with Crippen LogP contribution in [0.4, 0.5) is 0 Å². The Morgan fingerprint density at radius 2 is 2.12 bits per heavy atom. The Balaban J connectivity index is 1.54. The van der Waals surface area contributed by atoms with Crippen molar-refractivity contribution in [3.8, 4) is 5.75 Å². The van der Waals surface area contributed by atoms with E-state index in [1.54, 1.807) is 14.2 Å². The Bertz CT molecular complexity index is 485. The van der Waals surface area contributed by atoms with Gasteiger partial charge in [-0.1, -0.05) is 12.1 Å². The molecule has 0 bridgehead atoms. The molecular weight excluding hydrogens is 306 g/mol. The number of aliphatic imine (C=N–C) groups is 1. The van der Waals surface area contributed by atoms with Crippen LogP contribution in [0, 0.1) is 0 Å². The second-order valence-corrected chi connectivity index (χ2v) is 5.76. The molecule has 1 heterocycles. The maximum absolute atomic E-state index is 5.65. The summed E-state index contributed by atoms with van der Waals surface area (Å²) in [4.78, 5) is 4.23. The fourth-order valence-corrected chi connectivity index (χ4v) is 2.52. The Hall–Kier alpha value is -1.79. The molecule has 1 aliphatic rings. The Morgan fingerprint density at radius 1 is 1.29 bits per heavy atom. The number of benzene rings is 1. The van der Waals surface area contributed by atoms with Crippen LogP contribution >= 0.6 is 0 Å². The highest BCUT2D eigenvalue weighted by molar-refractivity contribution is 5.79. The molecule has 1 saturated heterocycles. The van der Waals surface area contributed by atoms with Crippen molar-refractivity contribution in [3.05, 3.63) is 29.8 Å². The monoisotopic (exact) mass is 335 g/mol. The van der Waals surface area contributed by atoms with Crippen LogP contribution < -0.4 is 15.4 Å². The lowest BCUT2D eigenvalue weighted by Gasteiger charge is -2.13. The van der Waals surface area contributed by atoms with Crippen LogP contribution in [0.5, 0.6) is 5.75 Å². The van der Waals surface area contributed by atoms with Gasteiger partial charge in [0.05, 0.1) is 19.8 Å². The standard InChI is InChI=1S/C18H29N3O3/c1-19-18(21-13-15-6-8-16(22-2)9-7-15)20-10-4-11-23-14-17-5-3-12-24-17/h6-9,17H,3-5,10-14H2,1-2H3,(H2,19,20,21). The van der Waals surface area contributed by atoms with Crippen molar-refractivity contribution >= 4 is 5.96 Å². The van der Waals surface area contributed by atoms with E-state index in [4.69, 9.17) is 14.2 Å². The Morgan fingerprint density at radius 3 is 2.79 bits per heavy atom. The number of ether oxygens (including phenoxy) is 3. The zero-order valence-corrected chi connectivity index (χ0v) is 14.7. The van der Waals surface area contributed by atoms with Gasteiger partial charge in [-0.05, 0) is 37.0 Å². The van der Waals surface area contributed by atoms with Crippen LogP contribution in [0.1, 0.15) is 24.8 Å². The van der Waals surface area contributed by atoms with E-state index >= 15 is 0 Å². The van der Waals surface area contributed by atoms with Gasteiger partial charge in [0.1, 0.15) is 5.75 Å². The summed E-state index contributed by atoms with van der Waals surface area (Å²) < 4.78 is 16.3. The van der Waals surface area contributed by atoms with Crippen molar-refractivity contribution in [1.29, 1.82) is 0 Å². The van der Waals surface area contributed by atoms with Gasteiger partial charge in [-0.2, -0.15) is 0 Å². The molecule has 1 atom stereocenters. The van der Waals surface area contributed by atoms with E-state index in [9.17, 15) is 0 Å². The summed E-state index contributed by atoms with van der Waals surface area (Å²) in [5.41, 5.74) is 1.18. The minimum absolute atomic E-state index is 0.303. The summed E-state index contributed by atoms with van der Waals surface area (Å²) in [6.07, 6.45) is 3.53. The van der Waals surface area contributed by atoms with Crippen LogP contribution in [0.3, 0.4) is 0 Å². The largest absolute Gasteiger partial charge is 0.497 e. The minimum atomic E-state index is 0.303. The van der Waals surface area contributed by atoms with Crippen molar-refractivity contribution in [2.75, 3.05) is 40.5 Å². The smallest absolute Gasteiger partial charge is 0.191 e. The zero-order chi connectivity index (χ0) is 17.0. The van der Waals surface area contributed by atoms with E-state index in [1.807, 2.05) is 24.3 Å². The second kappa shape index (κ2) is 10.9. The summed E-state index contributed by atoms with van der Waals surface area (Å²) in [6.45, 7) is 3.88. The van der Waals surface area contributed by atoms with Gasteiger partial charge < -0.3 is 24.8 Å². The van der Waals surface area contributed by atoms with Gasteiger partial charge in [0.2, 0.25) is 0 Å². The van der Waals surface area contributed by atoms with Crippen LogP contribution in [-0.4, -0.2) is 52.6 Å². The highest BCUT2D eigenvalue weighted by atomic mass is 16.5.